The zero-order valence-corrected chi connectivity index (χ0v) is 11.9. The summed E-state index contributed by atoms with van der Waals surface area (Å²) in [6.07, 6.45) is 0. The fraction of sp³-hybridized carbons (Fsp3) is 0.125. The maximum atomic E-state index is 13.2. The lowest BCUT2D eigenvalue weighted by molar-refractivity contribution is -0.116. The smallest absolute Gasteiger partial charge is 0.324 e. The second kappa shape index (κ2) is 5.48. The van der Waals surface area contributed by atoms with Crippen LogP contribution in [0.25, 0.3) is 11.0 Å². The number of hydrogen-bond acceptors (Lipinski definition) is 2. The van der Waals surface area contributed by atoms with E-state index in [1.54, 1.807) is 6.07 Å². The lowest BCUT2D eigenvalue weighted by Crippen LogP contribution is -2.26. The van der Waals surface area contributed by atoms with Gasteiger partial charge in [0, 0.05) is 5.69 Å². The topological polar surface area (TPSA) is 66.9 Å². The van der Waals surface area contributed by atoms with Crippen LogP contribution in [0.4, 0.5) is 10.1 Å². The third-order valence-corrected chi connectivity index (χ3v) is 3.46. The summed E-state index contributed by atoms with van der Waals surface area (Å²) in [4.78, 5) is 26.6. The van der Waals surface area contributed by atoms with Crippen molar-refractivity contribution in [2.75, 3.05) is 5.32 Å². The maximum Gasteiger partial charge on any atom is 0.326 e. The van der Waals surface area contributed by atoms with Crippen molar-refractivity contribution in [3.8, 4) is 0 Å². The van der Waals surface area contributed by atoms with Gasteiger partial charge in [-0.3, -0.25) is 9.36 Å². The van der Waals surface area contributed by atoms with Gasteiger partial charge < -0.3 is 10.3 Å². The first-order chi connectivity index (χ1) is 10.5. The summed E-state index contributed by atoms with van der Waals surface area (Å²) < 4.78 is 14.4. The second-order valence-electron chi connectivity index (χ2n) is 5.04. The molecule has 0 aliphatic carbocycles. The van der Waals surface area contributed by atoms with Gasteiger partial charge in [0.25, 0.3) is 0 Å². The molecule has 2 aromatic carbocycles. The zero-order chi connectivity index (χ0) is 15.7. The molecule has 22 heavy (non-hydrogen) atoms. The van der Waals surface area contributed by atoms with Crippen molar-refractivity contribution < 1.29 is 9.18 Å². The number of para-hydroxylation sites is 1. The number of carbonyl (C=O) groups excluding carboxylic acids is 1. The SMILES string of the molecule is Cc1ccccc1NC(=O)Cn1c(=O)[nH]c2cc(F)ccc21. The molecule has 0 radical (unpaired) electrons. The minimum absolute atomic E-state index is 0.140. The minimum atomic E-state index is -0.444. The Morgan fingerprint density at radius 3 is 2.82 bits per heavy atom. The number of nitrogens with zero attached hydrogens (tertiary/aromatic N) is 1. The van der Waals surface area contributed by atoms with Gasteiger partial charge >= 0.3 is 5.69 Å². The number of fused-ring (bicyclic) bond motifs is 1. The Bertz CT molecular complexity index is 911. The first kappa shape index (κ1) is 14.1. The molecule has 2 N–H and O–H groups in total. The molecule has 3 rings (SSSR count). The van der Waals surface area contributed by atoms with Crippen LogP contribution in [0.1, 0.15) is 5.56 Å². The van der Waals surface area contributed by atoms with Gasteiger partial charge in [-0.2, -0.15) is 0 Å². The van der Waals surface area contributed by atoms with Crippen LogP contribution < -0.4 is 11.0 Å². The molecule has 0 unspecified atom stereocenters. The summed E-state index contributed by atoms with van der Waals surface area (Å²) in [6.45, 7) is 1.75. The maximum absolute atomic E-state index is 13.2. The molecule has 0 aliphatic rings. The predicted molar refractivity (Wildman–Crippen MR) is 82.3 cm³/mol. The van der Waals surface area contributed by atoms with Gasteiger partial charge in [0.1, 0.15) is 12.4 Å². The molecule has 1 heterocycles. The summed E-state index contributed by atoms with van der Waals surface area (Å²) in [7, 11) is 0. The highest BCUT2D eigenvalue weighted by Gasteiger charge is 2.12. The first-order valence-corrected chi connectivity index (χ1v) is 6.78. The molecular weight excluding hydrogens is 285 g/mol. The first-order valence-electron chi connectivity index (χ1n) is 6.78. The van der Waals surface area contributed by atoms with Crippen LogP contribution in [0.15, 0.2) is 47.3 Å². The van der Waals surface area contributed by atoms with E-state index in [1.165, 1.54) is 22.8 Å². The van der Waals surface area contributed by atoms with E-state index in [1.807, 2.05) is 25.1 Å². The number of carbonyl (C=O) groups is 1. The highest BCUT2D eigenvalue weighted by atomic mass is 19.1. The minimum Gasteiger partial charge on any atom is -0.324 e. The molecule has 6 heteroatoms. The van der Waals surface area contributed by atoms with E-state index in [-0.39, 0.29) is 12.5 Å². The second-order valence-corrected chi connectivity index (χ2v) is 5.04. The molecule has 112 valence electrons. The highest BCUT2D eigenvalue weighted by molar-refractivity contribution is 5.92. The highest BCUT2D eigenvalue weighted by Crippen LogP contribution is 2.14. The average molecular weight is 299 g/mol. The number of rotatable bonds is 3. The Morgan fingerprint density at radius 1 is 1.27 bits per heavy atom. The molecule has 0 saturated heterocycles. The number of anilines is 1. The summed E-state index contributed by atoms with van der Waals surface area (Å²) in [5.74, 6) is -0.758. The monoisotopic (exact) mass is 299 g/mol. The summed E-state index contributed by atoms with van der Waals surface area (Å²) in [5, 5.41) is 2.77. The van der Waals surface area contributed by atoms with Crippen LogP contribution in [0, 0.1) is 12.7 Å². The fourth-order valence-corrected chi connectivity index (χ4v) is 2.34. The van der Waals surface area contributed by atoms with E-state index < -0.39 is 11.5 Å². The summed E-state index contributed by atoms with van der Waals surface area (Å²) in [5.41, 5.74) is 2.05. The van der Waals surface area contributed by atoms with E-state index in [4.69, 9.17) is 0 Å². The Labute approximate surface area is 125 Å². The van der Waals surface area contributed by atoms with E-state index in [0.29, 0.717) is 16.7 Å². The van der Waals surface area contributed by atoms with Crippen molar-refractivity contribution in [1.29, 1.82) is 0 Å². The summed E-state index contributed by atoms with van der Waals surface area (Å²) in [6, 6.07) is 11.3. The van der Waals surface area contributed by atoms with Gasteiger partial charge in [-0.25, -0.2) is 9.18 Å². The van der Waals surface area contributed by atoms with Crippen LogP contribution in [-0.4, -0.2) is 15.5 Å². The third kappa shape index (κ3) is 2.63. The van der Waals surface area contributed by atoms with Gasteiger partial charge in [-0.05, 0) is 36.8 Å². The van der Waals surface area contributed by atoms with Crippen LogP contribution in [0.3, 0.4) is 0 Å². The normalized spacial score (nSPS) is 10.8. The van der Waals surface area contributed by atoms with Gasteiger partial charge in [0.05, 0.1) is 11.0 Å². The quantitative estimate of drug-likeness (QED) is 0.780. The molecule has 1 aromatic heterocycles. The van der Waals surface area contributed by atoms with E-state index in [0.717, 1.165) is 5.56 Å². The van der Waals surface area contributed by atoms with E-state index in [9.17, 15) is 14.0 Å². The zero-order valence-electron chi connectivity index (χ0n) is 11.9. The molecule has 0 bridgehead atoms. The van der Waals surface area contributed by atoms with Gasteiger partial charge in [-0.1, -0.05) is 18.2 Å². The molecule has 0 fully saturated rings. The Balaban J connectivity index is 1.87. The van der Waals surface area contributed by atoms with Crippen LogP contribution in [0.5, 0.6) is 0 Å². The van der Waals surface area contributed by atoms with Crippen molar-refractivity contribution in [3.63, 3.8) is 0 Å². The number of imidazole rings is 1. The van der Waals surface area contributed by atoms with E-state index >= 15 is 0 Å². The van der Waals surface area contributed by atoms with Crippen LogP contribution in [0.2, 0.25) is 0 Å². The lowest BCUT2D eigenvalue weighted by Gasteiger charge is -2.08. The van der Waals surface area contributed by atoms with Crippen molar-refractivity contribution >= 4 is 22.6 Å². The standard InChI is InChI=1S/C16H14FN3O2/c1-10-4-2-3-5-12(10)18-15(21)9-20-14-7-6-11(17)8-13(14)19-16(20)22/h2-8H,9H2,1H3,(H,18,21)(H,19,22). The molecule has 1 amide bonds. The number of aryl methyl sites for hydroxylation is 1. The number of halogens is 1. The number of H-pyrrole nitrogens is 1. The molecular formula is C16H14FN3O2. The van der Waals surface area contributed by atoms with Crippen molar-refractivity contribution in [2.45, 2.75) is 13.5 Å². The Morgan fingerprint density at radius 2 is 2.05 bits per heavy atom. The van der Waals surface area contributed by atoms with Crippen LogP contribution in [-0.2, 0) is 11.3 Å². The molecule has 3 aromatic rings. The van der Waals surface area contributed by atoms with Crippen molar-refractivity contribution in [3.05, 3.63) is 64.3 Å². The van der Waals surface area contributed by atoms with E-state index in [2.05, 4.69) is 10.3 Å². The van der Waals surface area contributed by atoms with Crippen LogP contribution >= 0.6 is 0 Å². The number of aromatic amines is 1. The number of benzene rings is 2. The summed E-state index contributed by atoms with van der Waals surface area (Å²) >= 11 is 0. The lowest BCUT2D eigenvalue weighted by atomic mass is 10.2. The molecule has 0 saturated carbocycles. The molecule has 0 atom stereocenters. The average Bonchev–Trinajstić information content (AvgIpc) is 2.77. The van der Waals surface area contributed by atoms with Crippen molar-refractivity contribution in [2.24, 2.45) is 0 Å². The Kier molecular flexibility index (Phi) is 3.50. The van der Waals surface area contributed by atoms with Gasteiger partial charge in [0.15, 0.2) is 0 Å². The predicted octanol–water partition coefficient (Wildman–Crippen LogP) is 2.42. The number of nitrogens with one attached hydrogen (secondary N) is 2. The molecule has 0 spiro atoms. The largest absolute Gasteiger partial charge is 0.326 e. The van der Waals surface area contributed by atoms with Gasteiger partial charge in [0.2, 0.25) is 5.91 Å². The van der Waals surface area contributed by atoms with Gasteiger partial charge in [-0.15, -0.1) is 0 Å². The Hall–Kier alpha value is -2.89. The van der Waals surface area contributed by atoms with Crippen molar-refractivity contribution in [1.82, 2.24) is 9.55 Å². The molecule has 5 nitrogen and oxygen atoms in total. The number of amides is 1. The number of hydrogen-bond donors (Lipinski definition) is 2. The third-order valence-electron chi connectivity index (χ3n) is 3.46. The molecule has 0 aliphatic heterocycles. The fourth-order valence-electron chi connectivity index (χ4n) is 2.34. The number of aromatic nitrogens is 2.